The first-order valence-corrected chi connectivity index (χ1v) is 2.41. The van der Waals surface area contributed by atoms with Gasteiger partial charge in [-0.3, -0.25) is 0 Å². The third-order valence-electron chi connectivity index (χ3n) is 0.994. The number of halogens is 1. The average molecular weight is 108 g/mol. The summed E-state index contributed by atoms with van der Waals surface area (Å²) in [4.78, 5) is 0. The van der Waals surface area contributed by atoms with Crippen molar-refractivity contribution in [3.05, 3.63) is 5.21 Å². The summed E-state index contributed by atoms with van der Waals surface area (Å²) in [6.45, 7) is 0.703. The number of rotatable bonds is 0. The summed E-state index contributed by atoms with van der Waals surface area (Å²) in [5.41, 5.74) is -0.134. The second-order valence-corrected chi connectivity index (χ2v) is 2.00. The topological polar surface area (TPSA) is 27.5 Å². The predicted molar refractivity (Wildman–Crippen MR) is 23.5 cm³/mol. The van der Waals surface area contributed by atoms with Crippen molar-refractivity contribution in [2.45, 2.75) is 11.9 Å². The van der Waals surface area contributed by atoms with Crippen molar-refractivity contribution in [1.29, 1.82) is 0 Å². The highest BCUT2D eigenvalue weighted by molar-refractivity contribution is 6.19. The molecular weight excluding hydrogens is 101 g/mol. The van der Waals surface area contributed by atoms with E-state index in [2.05, 4.69) is 0 Å². The minimum Gasteiger partial charge on any atom is -0.633 e. The molecule has 1 aliphatic heterocycles. The largest absolute Gasteiger partial charge is 0.633 e. The van der Waals surface area contributed by atoms with Crippen LogP contribution in [-0.4, -0.2) is 12.0 Å². The van der Waals surface area contributed by atoms with E-state index in [1.54, 1.807) is 0 Å². The molecule has 1 rings (SSSR count). The van der Waals surface area contributed by atoms with Gasteiger partial charge in [0.15, 0.2) is 5.50 Å². The van der Waals surface area contributed by atoms with Crippen LogP contribution in [0.4, 0.5) is 0 Å². The molecule has 1 saturated heterocycles. The van der Waals surface area contributed by atoms with E-state index in [0.717, 1.165) is 6.42 Å². The highest BCUT2D eigenvalue weighted by Crippen LogP contribution is 1.97. The van der Waals surface area contributed by atoms with Crippen LogP contribution < -0.4 is 5.06 Å². The summed E-state index contributed by atoms with van der Waals surface area (Å²) in [5.74, 6) is 0. The van der Waals surface area contributed by atoms with Crippen molar-refractivity contribution >= 4 is 11.6 Å². The molecule has 0 aromatic carbocycles. The molecule has 1 heterocycles. The van der Waals surface area contributed by atoms with Gasteiger partial charge in [-0.2, -0.15) is 0 Å². The highest BCUT2D eigenvalue weighted by atomic mass is 35.5. The fraction of sp³-hybridized carbons (Fsp3) is 1.00. The Morgan fingerprint density at radius 3 is 2.33 bits per heavy atom. The Morgan fingerprint density at radius 2 is 2.33 bits per heavy atom. The van der Waals surface area contributed by atoms with Gasteiger partial charge in [0.1, 0.15) is 0 Å². The van der Waals surface area contributed by atoms with Gasteiger partial charge in [-0.15, -0.1) is 0 Å². The van der Waals surface area contributed by atoms with Gasteiger partial charge in [-0.1, -0.05) is 11.6 Å². The summed E-state index contributed by atoms with van der Waals surface area (Å²) >= 11 is 5.35. The SMILES string of the molecule is [O-][NH+]1CCC1Cl. The second-order valence-electron chi connectivity index (χ2n) is 1.47. The van der Waals surface area contributed by atoms with E-state index in [0.29, 0.717) is 6.54 Å². The first-order valence-electron chi connectivity index (χ1n) is 1.97. The molecule has 2 nitrogen and oxygen atoms in total. The minimum atomic E-state index is -0.134. The van der Waals surface area contributed by atoms with Gasteiger partial charge in [0.25, 0.3) is 0 Å². The van der Waals surface area contributed by atoms with Crippen LogP contribution in [-0.2, 0) is 0 Å². The molecule has 2 atom stereocenters. The van der Waals surface area contributed by atoms with Gasteiger partial charge in [-0.05, 0) is 0 Å². The Morgan fingerprint density at radius 1 is 1.83 bits per heavy atom. The molecule has 3 heteroatoms. The lowest BCUT2D eigenvalue weighted by Gasteiger charge is -2.35. The van der Waals surface area contributed by atoms with E-state index < -0.39 is 0 Å². The maximum absolute atomic E-state index is 10.1. The van der Waals surface area contributed by atoms with Crippen LogP contribution in [0.1, 0.15) is 6.42 Å². The molecule has 0 bridgehead atoms. The summed E-state index contributed by atoms with van der Waals surface area (Å²) in [6.07, 6.45) is 0.889. The fourth-order valence-corrected chi connectivity index (χ4v) is 0.590. The van der Waals surface area contributed by atoms with Crippen molar-refractivity contribution in [1.82, 2.24) is 0 Å². The molecule has 6 heavy (non-hydrogen) atoms. The Kier molecular flexibility index (Phi) is 0.998. The number of hydrogen-bond donors (Lipinski definition) is 1. The van der Waals surface area contributed by atoms with E-state index in [1.165, 1.54) is 0 Å². The maximum Gasteiger partial charge on any atom is 0.168 e. The smallest absolute Gasteiger partial charge is 0.168 e. The van der Waals surface area contributed by atoms with Crippen LogP contribution >= 0.6 is 11.6 Å². The van der Waals surface area contributed by atoms with E-state index in [9.17, 15) is 5.21 Å². The predicted octanol–water partition coefficient (Wildman–Crippen LogP) is -0.662. The number of hydroxylamine groups is 2. The second kappa shape index (κ2) is 1.37. The van der Waals surface area contributed by atoms with E-state index in [-0.39, 0.29) is 10.6 Å². The van der Waals surface area contributed by atoms with Crippen LogP contribution in [0, 0.1) is 5.21 Å². The number of alkyl halides is 1. The van der Waals surface area contributed by atoms with Crippen molar-refractivity contribution in [3.8, 4) is 0 Å². The average Bonchev–Trinajstić information content (AvgIpc) is 1.61. The molecule has 0 spiro atoms. The van der Waals surface area contributed by atoms with Crippen molar-refractivity contribution in [2.75, 3.05) is 6.54 Å². The molecule has 1 aliphatic rings. The molecule has 1 N–H and O–H groups in total. The zero-order chi connectivity index (χ0) is 4.57. The summed E-state index contributed by atoms with van der Waals surface area (Å²) in [5, 5.41) is 10.3. The third-order valence-corrected chi connectivity index (χ3v) is 1.46. The summed E-state index contributed by atoms with van der Waals surface area (Å²) < 4.78 is 0. The highest BCUT2D eigenvalue weighted by Gasteiger charge is 2.22. The molecule has 2 unspecified atom stereocenters. The van der Waals surface area contributed by atoms with Gasteiger partial charge in [0.2, 0.25) is 0 Å². The summed E-state index contributed by atoms with van der Waals surface area (Å²) in [6, 6.07) is 0. The zero-order valence-electron chi connectivity index (χ0n) is 3.28. The summed E-state index contributed by atoms with van der Waals surface area (Å²) in [7, 11) is 0. The first kappa shape index (κ1) is 4.37. The molecule has 0 amide bonds. The Bertz CT molecular complexity index is 50.8. The van der Waals surface area contributed by atoms with Crippen LogP contribution in [0.25, 0.3) is 0 Å². The Labute approximate surface area is 41.3 Å². The quantitative estimate of drug-likeness (QED) is 0.248. The van der Waals surface area contributed by atoms with Crippen LogP contribution in [0.15, 0.2) is 0 Å². The minimum absolute atomic E-state index is 0.134. The van der Waals surface area contributed by atoms with E-state index >= 15 is 0 Å². The first-order chi connectivity index (χ1) is 2.80. The lowest BCUT2D eigenvalue weighted by molar-refractivity contribution is -0.904. The molecule has 0 saturated carbocycles. The van der Waals surface area contributed by atoms with Gasteiger partial charge in [-0.25, -0.2) is 0 Å². The molecule has 1 fully saturated rings. The van der Waals surface area contributed by atoms with E-state index in [1.807, 2.05) is 0 Å². The van der Waals surface area contributed by atoms with Crippen molar-refractivity contribution in [2.24, 2.45) is 0 Å². The fourth-order valence-electron chi connectivity index (χ4n) is 0.371. The standard InChI is InChI=1S/C3H6ClNO/c4-3-1-2-5(3)6/h3,5H,1-2H2. The molecular formula is C3H6ClNO. The molecule has 36 valence electrons. The number of nitrogens with one attached hydrogen (secondary N) is 1. The zero-order valence-corrected chi connectivity index (χ0v) is 4.03. The van der Waals surface area contributed by atoms with Crippen molar-refractivity contribution in [3.63, 3.8) is 0 Å². The van der Waals surface area contributed by atoms with Gasteiger partial charge < -0.3 is 10.3 Å². The van der Waals surface area contributed by atoms with Gasteiger partial charge in [0, 0.05) is 0 Å². The number of quaternary nitrogens is 1. The van der Waals surface area contributed by atoms with E-state index in [4.69, 9.17) is 11.6 Å². The molecule has 0 radical (unpaired) electrons. The Hall–Kier alpha value is 0.210. The molecule has 0 aliphatic carbocycles. The van der Waals surface area contributed by atoms with Crippen LogP contribution in [0.3, 0.4) is 0 Å². The lowest BCUT2D eigenvalue weighted by atomic mass is 10.3. The molecule has 0 aromatic rings. The van der Waals surface area contributed by atoms with Gasteiger partial charge >= 0.3 is 0 Å². The maximum atomic E-state index is 10.1. The number of hydrogen-bond acceptors (Lipinski definition) is 1. The van der Waals surface area contributed by atoms with Crippen molar-refractivity contribution < 1.29 is 5.06 Å². The van der Waals surface area contributed by atoms with Gasteiger partial charge in [0.05, 0.1) is 13.0 Å². The molecule has 0 aromatic heterocycles. The third kappa shape index (κ3) is 0.511. The van der Waals surface area contributed by atoms with Crippen LogP contribution in [0.5, 0.6) is 0 Å². The monoisotopic (exact) mass is 107 g/mol. The lowest BCUT2D eigenvalue weighted by Crippen LogP contribution is -3.16. The van der Waals surface area contributed by atoms with Crippen LogP contribution in [0.2, 0.25) is 0 Å². The Balaban J connectivity index is 2.20. The normalized spacial score (nSPS) is 45.0.